The second-order valence-electron chi connectivity index (χ2n) is 10.7. The molecule has 0 saturated carbocycles. The first kappa shape index (κ1) is 27.0. The normalized spacial score (nSPS) is 18.0. The second kappa shape index (κ2) is 11.3. The fourth-order valence-electron chi connectivity index (χ4n) is 5.33. The Hall–Kier alpha value is -3.60. The summed E-state index contributed by atoms with van der Waals surface area (Å²) in [5.74, 6) is 0.762. The van der Waals surface area contributed by atoms with Crippen molar-refractivity contribution < 1.29 is 13.2 Å². The van der Waals surface area contributed by atoms with Crippen molar-refractivity contribution in [1.82, 2.24) is 14.8 Å². The van der Waals surface area contributed by atoms with E-state index in [1.165, 1.54) is 0 Å². The average Bonchev–Trinajstić information content (AvgIpc) is 3.45. The number of carbonyl (C=O) groups is 1. The van der Waals surface area contributed by atoms with Crippen LogP contribution in [0.15, 0.2) is 48.8 Å². The Morgan fingerprint density at radius 3 is 2.62 bits per heavy atom. The number of benzene rings is 1. The number of hydrogen-bond donors (Lipinski definition) is 3. The van der Waals surface area contributed by atoms with Gasteiger partial charge in [-0.05, 0) is 74.4 Å². The van der Waals surface area contributed by atoms with Crippen molar-refractivity contribution >= 4 is 38.9 Å². The summed E-state index contributed by atoms with van der Waals surface area (Å²) in [5.41, 5.74) is 2.72. The first-order chi connectivity index (χ1) is 18.8. The number of aromatic nitrogens is 3. The molecular formula is C28H37N7O3S. The molecule has 10 nitrogen and oxygen atoms in total. The van der Waals surface area contributed by atoms with Gasteiger partial charge in [-0.25, -0.2) is 18.1 Å². The smallest absolute Gasteiger partial charge is 0.258 e. The van der Waals surface area contributed by atoms with Crippen molar-refractivity contribution in [3.8, 4) is 5.69 Å². The highest BCUT2D eigenvalue weighted by Gasteiger charge is 2.31. The van der Waals surface area contributed by atoms with Crippen LogP contribution in [-0.4, -0.2) is 54.5 Å². The molecule has 0 unspecified atom stereocenters. The maximum atomic E-state index is 13.6. The number of anilines is 4. The summed E-state index contributed by atoms with van der Waals surface area (Å²) in [7, 11) is -3.45. The fourth-order valence-corrected chi connectivity index (χ4v) is 5.96. The molecule has 6 rings (SSSR count). The van der Waals surface area contributed by atoms with E-state index in [0.29, 0.717) is 22.9 Å². The summed E-state index contributed by atoms with van der Waals surface area (Å²) in [5, 5.41) is 10.8. The lowest BCUT2D eigenvalue weighted by Gasteiger charge is -2.41. The molecule has 1 amide bonds. The first-order valence-electron chi connectivity index (χ1n) is 13.7. The van der Waals surface area contributed by atoms with E-state index in [-0.39, 0.29) is 17.1 Å². The number of rotatable bonds is 4. The van der Waals surface area contributed by atoms with Crippen LogP contribution in [0.2, 0.25) is 0 Å². The maximum Gasteiger partial charge on any atom is 0.258 e. The van der Waals surface area contributed by atoms with Crippen LogP contribution >= 0.6 is 0 Å². The van der Waals surface area contributed by atoms with Gasteiger partial charge in [-0.2, -0.15) is 5.10 Å². The SMILES string of the molecule is CCS(=O)(=O)Nc1ccc2c(c1)N1CCC(C)(CCCCCNc3nc(ccc3-n3cccn3)NC2=O)CC1. The highest BCUT2D eigenvalue weighted by molar-refractivity contribution is 7.92. The van der Waals surface area contributed by atoms with Crippen molar-refractivity contribution in [2.75, 3.05) is 45.6 Å². The van der Waals surface area contributed by atoms with Crippen LogP contribution in [0, 0.1) is 5.41 Å². The third-order valence-electron chi connectivity index (χ3n) is 7.82. The Morgan fingerprint density at radius 1 is 1.05 bits per heavy atom. The quantitative estimate of drug-likeness (QED) is 0.423. The highest BCUT2D eigenvalue weighted by atomic mass is 32.2. The van der Waals surface area contributed by atoms with Gasteiger partial charge in [0.15, 0.2) is 5.82 Å². The molecule has 1 fully saturated rings. The van der Waals surface area contributed by atoms with Gasteiger partial charge in [-0.15, -0.1) is 0 Å². The molecular weight excluding hydrogens is 514 g/mol. The zero-order chi connectivity index (χ0) is 27.5. The van der Waals surface area contributed by atoms with Crippen LogP contribution < -0.4 is 20.3 Å². The van der Waals surface area contributed by atoms with Crippen LogP contribution in [0.4, 0.5) is 23.0 Å². The number of piperidine rings is 1. The van der Waals surface area contributed by atoms with Gasteiger partial charge in [0.2, 0.25) is 10.0 Å². The monoisotopic (exact) mass is 551 g/mol. The summed E-state index contributed by atoms with van der Waals surface area (Å²) in [6.45, 7) is 6.36. The van der Waals surface area contributed by atoms with Crippen molar-refractivity contribution in [2.45, 2.75) is 52.4 Å². The summed E-state index contributed by atoms with van der Waals surface area (Å²) in [6, 6.07) is 10.6. The summed E-state index contributed by atoms with van der Waals surface area (Å²) in [4.78, 5) is 20.5. The molecule has 2 aromatic heterocycles. The number of fused-ring (bicyclic) bond motifs is 8. The number of amides is 1. The second-order valence-corrected chi connectivity index (χ2v) is 12.8. The Bertz CT molecular complexity index is 1410. The van der Waals surface area contributed by atoms with Crippen LogP contribution in [0.25, 0.3) is 5.69 Å². The van der Waals surface area contributed by atoms with Gasteiger partial charge in [-0.1, -0.05) is 19.8 Å². The van der Waals surface area contributed by atoms with Gasteiger partial charge in [0.25, 0.3) is 5.91 Å². The molecule has 11 heteroatoms. The molecule has 4 bridgehead atoms. The summed E-state index contributed by atoms with van der Waals surface area (Å²) >= 11 is 0. The number of pyridine rings is 1. The van der Waals surface area contributed by atoms with E-state index in [2.05, 4.69) is 32.3 Å². The van der Waals surface area contributed by atoms with Gasteiger partial charge in [0, 0.05) is 32.0 Å². The Labute approximate surface area is 230 Å². The largest absolute Gasteiger partial charge is 0.371 e. The van der Waals surface area contributed by atoms with E-state index in [9.17, 15) is 13.2 Å². The Morgan fingerprint density at radius 2 is 1.87 bits per heavy atom. The molecule has 3 aromatic rings. The number of sulfonamides is 1. The molecule has 3 aliphatic rings. The summed E-state index contributed by atoms with van der Waals surface area (Å²) < 4.78 is 28.9. The molecule has 0 radical (unpaired) electrons. The molecule has 39 heavy (non-hydrogen) atoms. The molecule has 1 saturated heterocycles. The lowest BCUT2D eigenvalue weighted by atomic mass is 9.76. The van der Waals surface area contributed by atoms with E-state index in [1.54, 1.807) is 42.1 Å². The van der Waals surface area contributed by atoms with Gasteiger partial charge < -0.3 is 15.5 Å². The lowest BCUT2D eigenvalue weighted by molar-refractivity contribution is 0.102. The molecule has 0 spiro atoms. The lowest BCUT2D eigenvalue weighted by Crippen LogP contribution is -2.39. The minimum atomic E-state index is -3.45. The molecule has 3 aliphatic heterocycles. The summed E-state index contributed by atoms with van der Waals surface area (Å²) in [6.07, 6.45) is 10.1. The van der Waals surface area contributed by atoms with Crippen molar-refractivity contribution in [1.29, 1.82) is 0 Å². The van der Waals surface area contributed by atoms with E-state index in [4.69, 9.17) is 4.98 Å². The van der Waals surface area contributed by atoms with E-state index < -0.39 is 10.0 Å². The van der Waals surface area contributed by atoms with Crippen LogP contribution in [0.5, 0.6) is 0 Å². The average molecular weight is 552 g/mol. The predicted molar refractivity (Wildman–Crippen MR) is 155 cm³/mol. The zero-order valence-electron chi connectivity index (χ0n) is 22.6. The topological polar surface area (TPSA) is 121 Å². The number of carbonyl (C=O) groups excluding carboxylic acids is 1. The van der Waals surface area contributed by atoms with Gasteiger partial charge in [0.1, 0.15) is 11.5 Å². The Kier molecular flexibility index (Phi) is 7.79. The van der Waals surface area contributed by atoms with E-state index in [1.807, 2.05) is 18.3 Å². The third kappa shape index (κ3) is 6.35. The predicted octanol–water partition coefficient (Wildman–Crippen LogP) is 4.87. The molecule has 0 aliphatic carbocycles. The third-order valence-corrected chi connectivity index (χ3v) is 9.13. The van der Waals surface area contributed by atoms with Gasteiger partial charge in [0.05, 0.1) is 22.7 Å². The first-order valence-corrected chi connectivity index (χ1v) is 15.4. The van der Waals surface area contributed by atoms with E-state index >= 15 is 0 Å². The van der Waals surface area contributed by atoms with Crippen molar-refractivity contribution in [3.05, 3.63) is 54.4 Å². The van der Waals surface area contributed by atoms with Gasteiger partial charge >= 0.3 is 0 Å². The van der Waals surface area contributed by atoms with Crippen molar-refractivity contribution in [2.24, 2.45) is 5.41 Å². The minimum absolute atomic E-state index is 0.0246. The highest BCUT2D eigenvalue weighted by Crippen LogP contribution is 2.39. The standard InChI is InChI=1S/C28H37N7O3S/c1-3-39(37,38)33-21-8-9-22-24(20-21)34-18-13-28(2,14-19-34)12-5-4-6-15-29-26-23(35-17-7-16-30-35)10-11-25(31-26)32-27(22)36/h7-11,16-17,20,33H,3-6,12-15,18-19H2,1-2H3,(H2,29,31,32,36). The van der Waals surface area contributed by atoms with Gasteiger partial charge in [-0.3, -0.25) is 9.52 Å². The number of nitrogens with zero attached hydrogens (tertiary/aromatic N) is 4. The molecule has 5 heterocycles. The molecule has 0 atom stereocenters. The Balaban J connectivity index is 1.51. The van der Waals surface area contributed by atoms with Crippen LogP contribution in [0.1, 0.15) is 62.7 Å². The van der Waals surface area contributed by atoms with E-state index in [0.717, 1.165) is 69.5 Å². The zero-order valence-corrected chi connectivity index (χ0v) is 23.4. The van der Waals surface area contributed by atoms with Crippen molar-refractivity contribution in [3.63, 3.8) is 0 Å². The fraction of sp³-hybridized carbons (Fsp3) is 0.464. The number of nitrogens with one attached hydrogen (secondary N) is 3. The molecule has 208 valence electrons. The van der Waals surface area contributed by atoms with Crippen LogP contribution in [-0.2, 0) is 10.0 Å². The molecule has 1 aromatic carbocycles. The maximum absolute atomic E-state index is 13.6. The minimum Gasteiger partial charge on any atom is -0.371 e. The van der Waals surface area contributed by atoms with Crippen LogP contribution in [0.3, 0.4) is 0 Å². The molecule has 3 N–H and O–H groups in total. The number of hydrogen-bond acceptors (Lipinski definition) is 7.